The average molecular weight is 533 g/mol. The Morgan fingerprint density at radius 3 is 2.65 bits per heavy atom. The van der Waals surface area contributed by atoms with Gasteiger partial charge in [-0.1, -0.05) is 42.1 Å². The van der Waals surface area contributed by atoms with Crippen molar-refractivity contribution in [3.05, 3.63) is 82.5 Å². The van der Waals surface area contributed by atoms with Crippen LogP contribution in [-0.4, -0.2) is 57.7 Å². The van der Waals surface area contributed by atoms with E-state index >= 15 is 0 Å². The van der Waals surface area contributed by atoms with Gasteiger partial charge in [-0.25, -0.2) is 9.97 Å². The fraction of sp³-hybridized carbons (Fsp3) is 0.345. The number of hydrogen-bond donors (Lipinski definition) is 0. The number of nitrogens with zero attached hydrogens (tertiary/aromatic N) is 4. The summed E-state index contributed by atoms with van der Waals surface area (Å²) in [4.78, 5) is 28.5. The van der Waals surface area contributed by atoms with Crippen molar-refractivity contribution < 1.29 is 9.53 Å². The van der Waals surface area contributed by atoms with Gasteiger partial charge in [-0.3, -0.25) is 9.69 Å². The number of thioether (sulfide) groups is 1. The summed E-state index contributed by atoms with van der Waals surface area (Å²) in [7, 11) is 3.60. The molecule has 1 saturated heterocycles. The number of hydrogen-bond acceptors (Lipinski definition) is 7. The van der Waals surface area contributed by atoms with Gasteiger partial charge in [-0.05, 0) is 61.5 Å². The van der Waals surface area contributed by atoms with E-state index in [9.17, 15) is 4.79 Å². The Kier molecular flexibility index (Phi) is 7.79. The summed E-state index contributed by atoms with van der Waals surface area (Å²) >= 11 is 3.44. The first kappa shape index (κ1) is 25.7. The molecule has 0 spiro atoms. The third kappa shape index (κ3) is 6.14. The van der Waals surface area contributed by atoms with Gasteiger partial charge in [0.15, 0.2) is 5.16 Å². The molecule has 1 aliphatic rings. The van der Waals surface area contributed by atoms with Crippen LogP contribution in [0, 0.1) is 13.8 Å². The van der Waals surface area contributed by atoms with Crippen LogP contribution in [0.15, 0.2) is 65.8 Å². The number of carbonyl (C=O) groups excluding carboxylic acids is 1. The predicted octanol–water partition coefficient (Wildman–Crippen LogP) is 5.71. The molecule has 8 heteroatoms. The van der Waals surface area contributed by atoms with Gasteiger partial charge in [0.05, 0.1) is 19.7 Å². The maximum atomic E-state index is 13.8. The lowest BCUT2D eigenvalue weighted by molar-refractivity contribution is -0.135. The van der Waals surface area contributed by atoms with Crippen molar-refractivity contribution in [1.82, 2.24) is 19.8 Å². The van der Waals surface area contributed by atoms with Gasteiger partial charge in [-0.2, -0.15) is 0 Å². The number of aryl methyl sites for hydroxylation is 2. The maximum Gasteiger partial charge on any atom is 0.240 e. The Balaban J connectivity index is 1.35. The van der Waals surface area contributed by atoms with Crippen LogP contribution in [0.25, 0.3) is 10.1 Å². The number of benzene rings is 2. The van der Waals surface area contributed by atoms with Crippen molar-refractivity contribution in [3.8, 4) is 5.75 Å². The van der Waals surface area contributed by atoms with Gasteiger partial charge in [0.25, 0.3) is 0 Å². The Morgan fingerprint density at radius 1 is 1.11 bits per heavy atom. The second-order valence-electron chi connectivity index (χ2n) is 9.65. The maximum absolute atomic E-state index is 13.8. The number of methoxy groups -OCH3 is 1. The van der Waals surface area contributed by atoms with Crippen LogP contribution in [0.4, 0.5) is 0 Å². The summed E-state index contributed by atoms with van der Waals surface area (Å²) in [5.74, 6) is 0.987. The highest BCUT2D eigenvalue weighted by Crippen LogP contribution is 2.34. The highest BCUT2D eigenvalue weighted by molar-refractivity contribution is 7.99. The highest BCUT2D eigenvalue weighted by Gasteiger charge is 2.39. The average Bonchev–Trinajstić information content (AvgIpc) is 3.46. The SMILES string of the molecule is COc1cccc(CN2C[C@@H](Sc3nc(C)cc(C)n3)C[C@H]2C(=O)N(C)Cc2cc3ccccc3s2)c1. The molecule has 1 fully saturated rings. The van der Waals surface area contributed by atoms with E-state index in [0.717, 1.165) is 40.8 Å². The first-order valence-corrected chi connectivity index (χ1v) is 14.2. The molecular weight excluding hydrogens is 500 g/mol. The molecule has 5 rings (SSSR count). The number of carbonyl (C=O) groups is 1. The quantitative estimate of drug-likeness (QED) is 0.271. The first-order chi connectivity index (χ1) is 17.9. The zero-order valence-corrected chi connectivity index (χ0v) is 23.3. The lowest BCUT2D eigenvalue weighted by atomic mass is 10.1. The summed E-state index contributed by atoms with van der Waals surface area (Å²) < 4.78 is 6.69. The van der Waals surface area contributed by atoms with Crippen LogP contribution in [-0.2, 0) is 17.9 Å². The van der Waals surface area contributed by atoms with Crippen LogP contribution in [0.1, 0.15) is 28.2 Å². The Morgan fingerprint density at radius 2 is 1.89 bits per heavy atom. The van der Waals surface area contributed by atoms with E-state index in [4.69, 9.17) is 4.74 Å². The van der Waals surface area contributed by atoms with Gasteiger partial charge in [0.1, 0.15) is 5.75 Å². The van der Waals surface area contributed by atoms with Crippen molar-refractivity contribution in [2.75, 3.05) is 20.7 Å². The Labute approximate surface area is 226 Å². The van der Waals surface area contributed by atoms with Crippen molar-refractivity contribution in [2.24, 2.45) is 0 Å². The Hall–Kier alpha value is -2.94. The largest absolute Gasteiger partial charge is 0.497 e. The molecule has 2 aromatic heterocycles. The van der Waals surface area contributed by atoms with Crippen molar-refractivity contribution in [1.29, 1.82) is 0 Å². The molecular formula is C29H32N4O2S2. The van der Waals surface area contributed by atoms with Crippen molar-refractivity contribution in [3.63, 3.8) is 0 Å². The molecule has 1 aliphatic heterocycles. The minimum atomic E-state index is -0.200. The molecule has 1 amide bonds. The zero-order chi connectivity index (χ0) is 25.9. The van der Waals surface area contributed by atoms with Gasteiger partial charge >= 0.3 is 0 Å². The number of thiophene rings is 1. The van der Waals surface area contributed by atoms with Gasteiger partial charge in [0, 0.05) is 46.4 Å². The van der Waals surface area contributed by atoms with E-state index in [-0.39, 0.29) is 17.2 Å². The molecule has 0 radical (unpaired) electrons. The van der Waals surface area contributed by atoms with E-state index in [1.807, 2.05) is 44.0 Å². The number of likely N-dealkylation sites (tertiary alicyclic amines) is 1. The topological polar surface area (TPSA) is 58.6 Å². The predicted molar refractivity (Wildman–Crippen MR) is 151 cm³/mol. The fourth-order valence-electron chi connectivity index (χ4n) is 4.96. The first-order valence-electron chi connectivity index (χ1n) is 12.5. The summed E-state index contributed by atoms with van der Waals surface area (Å²) in [6, 6.07) is 20.5. The van der Waals surface area contributed by atoms with Crippen molar-refractivity contribution in [2.45, 2.75) is 49.8 Å². The normalized spacial score (nSPS) is 17.8. The second-order valence-corrected chi connectivity index (χ2v) is 12.1. The molecule has 37 heavy (non-hydrogen) atoms. The van der Waals surface area contributed by atoms with E-state index in [1.54, 1.807) is 30.2 Å². The number of amides is 1. The molecule has 0 bridgehead atoms. The number of aromatic nitrogens is 2. The van der Waals surface area contributed by atoms with Crippen LogP contribution in [0.3, 0.4) is 0 Å². The molecule has 2 atom stereocenters. The van der Waals surface area contributed by atoms with Crippen LogP contribution in [0.2, 0.25) is 0 Å². The van der Waals surface area contributed by atoms with Gasteiger partial charge in [0.2, 0.25) is 5.91 Å². The van der Waals surface area contributed by atoms with Crippen molar-refractivity contribution >= 4 is 39.1 Å². The summed E-state index contributed by atoms with van der Waals surface area (Å²) in [5, 5.41) is 2.25. The lowest BCUT2D eigenvalue weighted by Crippen LogP contribution is -2.43. The standard InChI is InChI=1S/C29H32N4O2S2/c1-19-12-20(2)31-29(30-19)37-25-15-26(33(18-25)16-21-8-7-10-23(13-21)35-4)28(34)32(3)17-24-14-22-9-5-6-11-27(22)36-24/h5-14,25-26H,15-18H2,1-4H3/t25-,26-/m0/s1. The molecule has 2 aromatic carbocycles. The molecule has 0 unspecified atom stereocenters. The molecule has 0 aliphatic carbocycles. The molecule has 0 saturated carbocycles. The molecule has 4 aromatic rings. The van der Waals surface area contributed by atoms with Crippen LogP contribution < -0.4 is 4.74 Å². The Bertz CT molecular complexity index is 1350. The minimum absolute atomic E-state index is 0.157. The van der Waals surface area contributed by atoms with Gasteiger partial charge in [-0.15, -0.1) is 11.3 Å². The summed E-state index contributed by atoms with van der Waals surface area (Å²) in [6.45, 7) is 6.09. The molecule has 3 heterocycles. The third-order valence-electron chi connectivity index (χ3n) is 6.65. The van der Waals surface area contributed by atoms with Gasteiger partial charge < -0.3 is 9.64 Å². The minimum Gasteiger partial charge on any atom is -0.497 e. The fourth-order valence-corrected chi connectivity index (χ4v) is 7.31. The van der Waals surface area contributed by atoms with Crippen LogP contribution in [0.5, 0.6) is 5.75 Å². The molecule has 6 nitrogen and oxygen atoms in total. The van der Waals surface area contributed by atoms with E-state index in [0.29, 0.717) is 13.1 Å². The van der Waals surface area contributed by atoms with E-state index in [1.165, 1.54) is 15.0 Å². The number of ether oxygens (including phenoxy) is 1. The van der Waals surface area contributed by atoms with Crippen LogP contribution >= 0.6 is 23.1 Å². The smallest absolute Gasteiger partial charge is 0.240 e. The summed E-state index contributed by atoms with van der Waals surface area (Å²) in [5.41, 5.74) is 3.08. The number of likely N-dealkylation sites (N-methyl/N-ethyl adjacent to an activating group) is 1. The molecule has 192 valence electrons. The number of rotatable bonds is 8. The third-order valence-corrected chi connectivity index (χ3v) is 8.82. The van der Waals surface area contributed by atoms with E-state index < -0.39 is 0 Å². The second kappa shape index (κ2) is 11.2. The highest BCUT2D eigenvalue weighted by atomic mass is 32.2. The lowest BCUT2D eigenvalue weighted by Gasteiger charge is -2.27. The van der Waals surface area contributed by atoms with E-state index in [2.05, 4.69) is 57.3 Å². The summed E-state index contributed by atoms with van der Waals surface area (Å²) in [6.07, 6.45) is 0.764. The monoisotopic (exact) mass is 532 g/mol. The zero-order valence-electron chi connectivity index (χ0n) is 21.7. The number of fused-ring (bicyclic) bond motifs is 1. The molecule has 0 N–H and O–H groups in total.